The summed E-state index contributed by atoms with van der Waals surface area (Å²) in [5, 5.41) is 6.73. The van der Waals surface area contributed by atoms with Crippen molar-refractivity contribution in [2.45, 2.75) is 19.4 Å². The molecule has 3 rings (SSSR count). The van der Waals surface area contributed by atoms with E-state index in [1.165, 1.54) is 12.1 Å². The standard InChI is InChI=1S/C21H29FN4O2/c1-16-3-8-20(28-16)19(26-11-13-27-14-12-26)15-25-21(23-2)24-10-9-17-4-6-18(22)7-5-17/h3-8,19H,9-15H2,1-2H3,(H2,23,24,25). The highest BCUT2D eigenvalue weighted by atomic mass is 19.1. The Balaban J connectivity index is 1.53. The second-order valence-electron chi connectivity index (χ2n) is 6.87. The minimum atomic E-state index is -0.212. The summed E-state index contributed by atoms with van der Waals surface area (Å²) in [4.78, 5) is 6.69. The maximum atomic E-state index is 13.0. The molecule has 6 nitrogen and oxygen atoms in total. The first-order chi connectivity index (χ1) is 13.7. The van der Waals surface area contributed by atoms with Crippen molar-refractivity contribution in [3.63, 3.8) is 0 Å². The van der Waals surface area contributed by atoms with Gasteiger partial charge in [0.15, 0.2) is 5.96 Å². The van der Waals surface area contributed by atoms with Gasteiger partial charge in [0.25, 0.3) is 0 Å². The molecule has 0 saturated carbocycles. The zero-order valence-corrected chi connectivity index (χ0v) is 16.6. The van der Waals surface area contributed by atoms with E-state index in [9.17, 15) is 4.39 Å². The van der Waals surface area contributed by atoms with Crippen LogP contribution >= 0.6 is 0 Å². The van der Waals surface area contributed by atoms with E-state index >= 15 is 0 Å². The van der Waals surface area contributed by atoms with E-state index in [4.69, 9.17) is 9.15 Å². The van der Waals surface area contributed by atoms with Gasteiger partial charge < -0.3 is 19.8 Å². The van der Waals surface area contributed by atoms with Crippen LogP contribution in [0.3, 0.4) is 0 Å². The molecular formula is C21H29FN4O2. The molecule has 1 saturated heterocycles. The highest BCUT2D eigenvalue weighted by Crippen LogP contribution is 2.23. The number of aryl methyl sites for hydroxylation is 1. The molecule has 0 radical (unpaired) electrons. The lowest BCUT2D eigenvalue weighted by molar-refractivity contribution is 0.0124. The summed E-state index contributed by atoms with van der Waals surface area (Å²) in [6.07, 6.45) is 0.797. The molecule has 1 aliphatic heterocycles. The number of aliphatic imine (C=N–C) groups is 1. The van der Waals surface area contributed by atoms with E-state index < -0.39 is 0 Å². The van der Waals surface area contributed by atoms with E-state index in [2.05, 4.69) is 20.5 Å². The number of hydrogen-bond donors (Lipinski definition) is 2. The molecular weight excluding hydrogens is 359 g/mol. The fourth-order valence-corrected chi connectivity index (χ4v) is 3.32. The van der Waals surface area contributed by atoms with Crippen molar-refractivity contribution in [3.05, 3.63) is 59.3 Å². The summed E-state index contributed by atoms with van der Waals surface area (Å²) in [6, 6.07) is 10.7. The normalized spacial score (nSPS) is 16.8. The van der Waals surface area contributed by atoms with E-state index in [0.29, 0.717) is 13.1 Å². The predicted octanol–water partition coefficient (Wildman–Crippen LogP) is 2.51. The average molecular weight is 388 g/mol. The molecule has 1 aliphatic rings. The van der Waals surface area contributed by atoms with Crippen molar-refractivity contribution in [1.29, 1.82) is 0 Å². The minimum Gasteiger partial charge on any atom is -0.465 e. The van der Waals surface area contributed by atoms with E-state index in [1.807, 2.05) is 19.1 Å². The smallest absolute Gasteiger partial charge is 0.191 e. The van der Waals surface area contributed by atoms with Gasteiger partial charge >= 0.3 is 0 Å². The number of nitrogens with one attached hydrogen (secondary N) is 2. The molecule has 0 aliphatic carbocycles. The van der Waals surface area contributed by atoms with Crippen LogP contribution in [0.15, 0.2) is 45.8 Å². The number of furan rings is 1. The summed E-state index contributed by atoms with van der Waals surface area (Å²) in [7, 11) is 1.76. The molecule has 152 valence electrons. The number of nitrogens with zero attached hydrogens (tertiary/aromatic N) is 2. The Morgan fingerprint density at radius 3 is 2.54 bits per heavy atom. The number of benzene rings is 1. The van der Waals surface area contributed by atoms with Gasteiger partial charge in [-0.1, -0.05) is 12.1 Å². The van der Waals surface area contributed by atoms with Crippen LogP contribution in [0, 0.1) is 12.7 Å². The van der Waals surface area contributed by atoms with Crippen molar-refractivity contribution < 1.29 is 13.5 Å². The first kappa shape index (κ1) is 20.4. The molecule has 0 spiro atoms. The van der Waals surface area contributed by atoms with Crippen molar-refractivity contribution >= 4 is 5.96 Å². The molecule has 2 N–H and O–H groups in total. The van der Waals surface area contributed by atoms with Gasteiger partial charge in [-0.15, -0.1) is 0 Å². The fourth-order valence-electron chi connectivity index (χ4n) is 3.32. The molecule has 1 aromatic heterocycles. The van der Waals surface area contributed by atoms with Gasteiger partial charge in [0.2, 0.25) is 0 Å². The fraction of sp³-hybridized carbons (Fsp3) is 0.476. The van der Waals surface area contributed by atoms with Crippen LogP contribution in [0.1, 0.15) is 23.1 Å². The van der Waals surface area contributed by atoms with E-state index in [0.717, 1.165) is 55.8 Å². The van der Waals surface area contributed by atoms with Gasteiger partial charge in [-0.25, -0.2) is 4.39 Å². The molecule has 1 fully saturated rings. The Morgan fingerprint density at radius 2 is 1.89 bits per heavy atom. The second-order valence-corrected chi connectivity index (χ2v) is 6.87. The van der Waals surface area contributed by atoms with Gasteiger partial charge in [0, 0.05) is 33.2 Å². The van der Waals surface area contributed by atoms with Crippen LogP contribution in [-0.4, -0.2) is 57.3 Å². The van der Waals surface area contributed by atoms with E-state index in [-0.39, 0.29) is 11.9 Å². The first-order valence-electron chi connectivity index (χ1n) is 9.73. The largest absolute Gasteiger partial charge is 0.465 e. The van der Waals surface area contributed by atoms with Gasteiger partial charge in [0.05, 0.1) is 19.3 Å². The number of ether oxygens (including phenoxy) is 1. The summed E-state index contributed by atoms with van der Waals surface area (Å²) < 4.78 is 24.4. The van der Waals surface area contributed by atoms with Crippen LogP contribution in [-0.2, 0) is 11.2 Å². The molecule has 2 heterocycles. The summed E-state index contributed by atoms with van der Waals surface area (Å²) in [5.41, 5.74) is 1.08. The predicted molar refractivity (Wildman–Crippen MR) is 108 cm³/mol. The lowest BCUT2D eigenvalue weighted by Gasteiger charge is -2.33. The third-order valence-corrected chi connectivity index (χ3v) is 4.88. The number of guanidine groups is 1. The van der Waals surface area contributed by atoms with Crippen molar-refractivity contribution in [3.8, 4) is 0 Å². The summed E-state index contributed by atoms with van der Waals surface area (Å²) in [5.74, 6) is 2.39. The highest BCUT2D eigenvalue weighted by Gasteiger charge is 2.25. The Bertz CT molecular complexity index is 754. The summed E-state index contributed by atoms with van der Waals surface area (Å²) in [6.45, 7) is 6.59. The molecule has 2 aromatic rings. The average Bonchev–Trinajstić information content (AvgIpc) is 3.15. The lowest BCUT2D eigenvalue weighted by Crippen LogP contribution is -2.46. The molecule has 28 heavy (non-hydrogen) atoms. The SMILES string of the molecule is CN=C(NCCc1ccc(F)cc1)NCC(c1ccc(C)o1)N1CCOCC1. The van der Waals surface area contributed by atoms with Gasteiger partial charge in [-0.2, -0.15) is 0 Å². The first-order valence-corrected chi connectivity index (χ1v) is 9.73. The molecule has 1 unspecified atom stereocenters. The minimum absolute atomic E-state index is 0.119. The maximum absolute atomic E-state index is 13.0. The molecule has 1 aromatic carbocycles. The second kappa shape index (κ2) is 10.2. The number of hydrogen-bond acceptors (Lipinski definition) is 4. The maximum Gasteiger partial charge on any atom is 0.191 e. The van der Waals surface area contributed by atoms with Crippen LogP contribution < -0.4 is 10.6 Å². The van der Waals surface area contributed by atoms with Crippen LogP contribution in [0.4, 0.5) is 4.39 Å². The topological polar surface area (TPSA) is 62.0 Å². The Morgan fingerprint density at radius 1 is 1.14 bits per heavy atom. The zero-order chi connectivity index (χ0) is 19.8. The van der Waals surface area contributed by atoms with Crippen LogP contribution in [0.25, 0.3) is 0 Å². The molecule has 7 heteroatoms. The molecule has 1 atom stereocenters. The van der Waals surface area contributed by atoms with Gasteiger partial charge in [-0.3, -0.25) is 9.89 Å². The number of halogens is 1. The van der Waals surface area contributed by atoms with E-state index in [1.54, 1.807) is 19.2 Å². The van der Waals surface area contributed by atoms with Crippen molar-refractivity contribution in [2.24, 2.45) is 4.99 Å². The quantitative estimate of drug-likeness (QED) is 0.564. The Hall–Kier alpha value is -2.38. The molecule has 0 amide bonds. The Labute approximate surface area is 165 Å². The summed E-state index contributed by atoms with van der Waals surface area (Å²) >= 11 is 0. The van der Waals surface area contributed by atoms with Crippen molar-refractivity contribution in [2.75, 3.05) is 46.4 Å². The lowest BCUT2D eigenvalue weighted by atomic mass is 10.1. The van der Waals surface area contributed by atoms with Gasteiger partial charge in [0.1, 0.15) is 17.3 Å². The van der Waals surface area contributed by atoms with Crippen molar-refractivity contribution in [1.82, 2.24) is 15.5 Å². The number of morpholine rings is 1. The highest BCUT2D eigenvalue weighted by molar-refractivity contribution is 5.79. The Kier molecular flexibility index (Phi) is 7.45. The number of rotatable bonds is 7. The zero-order valence-electron chi connectivity index (χ0n) is 16.6. The molecule has 0 bridgehead atoms. The monoisotopic (exact) mass is 388 g/mol. The third-order valence-electron chi connectivity index (χ3n) is 4.88. The van der Waals surface area contributed by atoms with Crippen LogP contribution in [0.2, 0.25) is 0 Å². The third kappa shape index (κ3) is 5.81. The van der Waals surface area contributed by atoms with Gasteiger partial charge in [-0.05, 0) is 43.2 Å². The van der Waals surface area contributed by atoms with Crippen LogP contribution in [0.5, 0.6) is 0 Å².